The van der Waals surface area contributed by atoms with Crippen molar-refractivity contribution in [1.82, 2.24) is 19.8 Å². The van der Waals surface area contributed by atoms with E-state index in [1.54, 1.807) is 25.3 Å². The first-order chi connectivity index (χ1) is 18.2. The molecule has 1 N–H and O–H groups in total. The molecule has 3 atom stereocenters. The normalized spacial score (nSPS) is 20.6. The number of likely N-dealkylation sites (N-methyl/N-ethyl adjacent to an activating group) is 1. The van der Waals surface area contributed by atoms with Gasteiger partial charge in [-0.3, -0.25) is 4.79 Å². The number of hydrogen-bond donors (Lipinski definition) is 1. The van der Waals surface area contributed by atoms with E-state index < -0.39 is 5.82 Å². The summed E-state index contributed by atoms with van der Waals surface area (Å²) in [5.41, 5.74) is 0.734. The van der Waals surface area contributed by atoms with Crippen LogP contribution in [0.5, 0.6) is 11.5 Å². The molecule has 2 heterocycles. The van der Waals surface area contributed by atoms with Crippen LogP contribution in [0.3, 0.4) is 0 Å². The second-order valence-electron chi connectivity index (χ2n) is 9.84. The van der Waals surface area contributed by atoms with E-state index in [2.05, 4.69) is 15.3 Å². The fourth-order valence-corrected chi connectivity index (χ4v) is 5.31. The number of benzene rings is 2. The highest BCUT2D eigenvalue weighted by Gasteiger charge is 2.49. The average molecular weight is 560 g/mol. The van der Waals surface area contributed by atoms with E-state index in [9.17, 15) is 9.18 Å². The molecule has 0 spiro atoms. The summed E-state index contributed by atoms with van der Waals surface area (Å²) in [6.45, 7) is 2.02. The minimum absolute atomic E-state index is 0.0330. The number of hydrogen-bond acceptors (Lipinski definition) is 7. The molecule has 1 unspecified atom stereocenters. The van der Waals surface area contributed by atoms with Crippen molar-refractivity contribution in [1.29, 1.82) is 0 Å². The van der Waals surface area contributed by atoms with Crippen molar-refractivity contribution in [3.8, 4) is 11.5 Å². The van der Waals surface area contributed by atoms with E-state index >= 15 is 0 Å². The molecule has 1 aliphatic carbocycles. The smallest absolute Gasteiger partial charge is 0.246 e. The Morgan fingerprint density at radius 1 is 1.21 bits per heavy atom. The zero-order chi connectivity index (χ0) is 27.0. The van der Waals surface area contributed by atoms with Crippen molar-refractivity contribution < 1.29 is 18.7 Å². The third-order valence-electron chi connectivity index (χ3n) is 6.96. The van der Waals surface area contributed by atoms with E-state index in [0.29, 0.717) is 41.3 Å². The molecule has 1 amide bonds. The van der Waals surface area contributed by atoms with Gasteiger partial charge < -0.3 is 24.6 Å². The van der Waals surface area contributed by atoms with Crippen LogP contribution < -0.4 is 14.8 Å². The van der Waals surface area contributed by atoms with E-state index in [0.717, 1.165) is 13.0 Å². The lowest BCUT2D eigenvalue weighted by molar-refractivity contribution is -0.142. The molecule has 3 aromatic rings. The highest BCUT2D eigenvalue weighted by Crippen LogP contribution is 2.45. The van der Waals surface area contributed by atoms with Gasteiger partial charge >= 0.3 is 0 Å². The number of nitrogens with zero attached hydrogens (tertiary/aromatic N) is 4. The van der Waals surface area contributed by atoms with Crippen LogP contribution in [0.4, 0.5) is 15.9 Å². The van der Waals surface area contributed by atoms with E-state index in [-0.39, 0.29) is 39.6 Å². The predicted octanol–water partition coefficient (Wildman–Crippen LogP) is 5.17. The molecule has 1 aliphatic heterocycles. The number of methoxy groups -OCH3 is 1. The molecule has 2 fully saturated rings. The SMILES string of the molecule is COc1cc2ncnc(Nc3ccc(Cl)c(Cl)c3F)c2cc1OC1[C@@H]2C[C@H]1CN(C(=O)/C=C/CN(C)C)C2. The Balaban J connectivity index is 1.36. The molecule has 0 radical (unpaired) electrons. The lowest BCUT2D eigenvalue weighted by Crippen LogP contribution is -2.61. The molecule has 11 heteroatoms. The van der Waals surface area contributed by atoms with Crippen LogP contribution in [0.2, 0.25) is 10.0 Å². The van der Waals surface area contributed by atoms with Crippen LogP contribution >= 0.6 is 23.2 Å². The molecule has 8 nitrogen and oxygen atoms in total. The fourth-order valence-electron chi connectivity index (χ4n) is 5.00. The summed E-state index contributed by atoms with van der Waals surface area (Å²) in [6.07, 6.45) is 5.89. The van der Waals surface area contributed by atoms with Crippen molar-refractivity contribution in [3.05, 3.63) is 58.6 Å². The zero-order valence-electron chi connectivity index (χ0n) is 21.2. The Morgan fingerprint density at radius 2 is 1.97 bits per heavy atom. The Kier molecular flexibility index (Phi) is 7.61. The Labute approximate surface area is 230 Å². The van der Waals surface area contributed by atoms with Crippen molar-refractivity contribution >= 4 is 51.5 Å². The number of anilines is 2. The van der Waals surface area contributed by atoms with Gasteiger partial charge in [-0.1, -0.05) is 29.3 Å². The van der Waals surface area contributed by atoms with Crippen molar-refractivity contribution in [3.63, 3.8) is 0 Å². The second kappa shape index (κ2) is 10.9. The second-order valence-corrected chi connectivity index (χ2v) is 10.6. The molecule has 38 heavy (non-hydrogen) atoms. The largest absolute Gasteiger partial charge is 0.493 e. The van der Waals surface area contributed by atoms with Gasteiger partial charge in [0.25, 0.3) is 0 Å². The minimum Gasteiger partial charge on any atom is -0.493 e. The molecule has 2 aromatic carbocycles. The Morgan fingerprint density at radius 3 is 2.68 bits per heavy atom. The summed E-state index contributed by atoms with van der Waals surface area (Å²) in [6, 6.07) is 6.57. The van der Waals surface area contributed by atoms with E-state index in [1.165, 1.54) is 18.5 Å². The van der Waals surface area contributed by atoms with Gasteiger partial charge in [0.1, 0.15) is 18.2 Å². The highest BCUT2D eigenvalue weighted by molar-refractivity contribution is 6.42. The molecular formula is C27H28Cl2FN5O3. The van der Waals surface area contributed by atoms with Crippen LogP contribution in [-0.2, 0) is 4.79 Å². The van der Waals surface area contributed by atoms with Crippen LogP contribution in [0.25, 0.3) is 10.9 Å². The third-order valence-corrected chi connectivity index (χ3v) is 7.74. The first kappa shape index (κ1) is 26.5. The zero-order valence-corrected chi connectivity index (χ0v) is 22.8. The Hall–Kier alpha value is -3.14. The van der Waals surface area contributed by atoms with Crippen LogP contribution in [-0.4, -0.2) is 72.6 Å². The number of halogens is 3. The van der Waals surface area contributed by atoms with Crippen molar-refractivity contribution in [2.45, 2.75) is 12.5 Å². The third kappa shape index (κ3) is 5.23. The molecule has 200 valence electrons. The summed E-state index contributed by atoms with van der Waals surface area (Å²) in [7, 11) is 5.50. The summed E-state index contributed by atoms with van der Waals surface area (Å²) in [5.74, 6) is 1.28. The molecule has 1 saturated heterocycles. The van der Waals surface area contributed by atoms with E-state index in [1.807, 2.05) is 30.0 Å². The van der Waals surface area contributed by atoms with Crippen molar-refractivity contribution in [2.24, 2.45) is 11.8 Å². The summed E-state index contributed by atoms with van der Waals surface area (Å²) in [5, 5.41) is 3.57. The standard InChI is InChI=1S/C27H28Cl2FN5O3/c1-34(2)8-4-5-23(36)35-12-15-9-16(13-35)26(15)38-22-10-17-20(11-21(22)37-3)31-14-32-27(17)33-19-7-6-18(28)24(29)25(19)30/h4-7,10-11,14-16,26H,8-9,12-13H2,1-3H3,(H,31,32,33)/b5-4+/t15-,16+,26?. The first-order valence-corrected chi connectivity index (χ1v) is 13.0. The molecule has 2 bridgehead atoms. The lowest BCUT2D eigenvalue weighted by atomic mass is 9.68. The highest BCUT2D eigenvalue weighted by atomic mass is 35.5. The first-order valence-electron chi connectivity index (χ1n) is 12.2. The quantitative estimate of drug-likeness (QED) is 0.301. The fraction of sp³-hybridized carbons (Fsp3) is 0.370. The number of likely N-dealkylation sites (tertiary alicyclic amines) is 1. The maximum absolute atomic E-state index is 14.7. The van der Waals surface area contributed by atoms with Crippen LogP contribution in [0.1, 0.15) is 6.42 Å². The molecule has 1 saturated carbocycles. The number of ether oxygens (including phenoxy) is 2. The number of nitrogens with one attached hydrogen (secondary N) is 1. The van der Waals surface area contributed by atoms with Crippen LogP contribution in [0, 0.1) is 17.7 Å². The van der Waals surface area contributed by atoms with Gasteiger partial charge in [0.05, 0.1) is 28.4 Å². The van der Waals surface area contributed by atoms with Gasteiger partial charge in [0, 0.05) is 49.0 Å². The van der Waals surface area contributed by atoms with Gasteiger partial charge in [0.2, 0.25) is 5.91 Å². The predicted molar refractivity (Wildman–Crippen MR) is 146 cm³/mol. The Bertz CT molecular complexity index is 1390. The van der Waals surface area contributed by atoms with Gasteiger partial charge in [-0.25, -0.2) is 14.4 Å². The minimum atomic E-state index is -0.672. The topological polar surface area (TPSA) is 79.8 Å². The van der Waals surface area contributed by atoms with E-state index in [4.69, 9.17) is 32.7 Å². The number of carbonyl (C=O) groups excluding carboxylic acids is 1. The van der Waals surface area contributed by atoms with Crippen molar-refractivity contribution in [2.75, 3.05) is 46.2 Å². The number of fused-ring (bicyclic) bond motifs is 3. The molecule has 1 aromatic heterocycles. The van der Waals surface area contributed by atoms with Gasteiger partial charge in [-0.05, 0) is 38.7 Å². The number of piperidine rings is 2. The number of rotatable bonds is 8. The molecule has 2 aliphatic rings. The monoisotopic (exact) mass is 559 g/mol. The average Bonchev–Trinajstić information content (AvgIpc) is 2.91. The summed E-state index contributed by atoms with van der Waals surface area (Å²) in [4.78, 5) is 25.2. The molecular weight excluding hydrogens is 532 g/mol. The van der Waals surface area contributed by atoms with Gasteiger partial charge in [-0.15, -0.1) is 0 Å². The number of amides is 1. The summed E-state index contributed by atoms with van der Waals surface area (Å²) >= 11 is 11.9. The molecule has 5 rings (SSSR count). The van der Waals surface area contributed by atoms with Crippen LogP contribution in [0.15, 0.2) is 42.7 Å². The van der Waals surface area contributed by atoms with Gasteiger partial charge in [0.15, 0.2) is 17.3 Å². The summed E-state index contributed by atoms with van der Waals surface area (Å²) < 4.78 is 26.8. The van der Waals surface area contributed by atoms with Gasteiger partial charge in [-0.2, -0.15) is 0 Å². The number of aromatic nitrogens is 2. The lowest BCUT2D eigenvalue weighted by Gasteiger charge is -2.52. The number of carbonyl (C=O) groups is 1. The maximum Gasteiger partial charge on any atom is 0.246 e. The maximum atomic E-state index is 14.7.